The van der Waals surface area contributed by atoms with Crippen molar-refractivity contribution < 1.29 is 4.79 Å². The van der Waals surface area contributed by atoms with Gasteiger partial charge in [0.05, 0.1) is 0 Å². The van der Waals surface area contributed by atoms with Crippen molar-refractivity contribution in [3.05, 3.63) is 17.8 Å². The summed E-state index contributed by atoms with van der Waals surface area (Å²) in [6.45, 7) is 6.74. The van der Waals surface area contributed by atoms with E-state index in [1.54, 1.807) is 12.1 Å². The number of carbonyl (C=O) groups is 1. The molecule has 0 spiro atoms. The number of rotatable bonds is 8. The third-order valence-corrected chi connectivity index (χ3v) is 3.46. The highest BCUT2D eigenvalue weighted by molar-refractivity contribution is 7.99. The molecule has 0 bridgehead atoms. The van der Waals surface area contributed by atoms with Gasteiger partial charge in [-0.05, 0) is 43.9 Å². The normalized spacial score (nSPS) is 11.9. The quantitative estimate of drug-likeness (QED) is 0.715. The molecule has 0 aliphatic rings. The third kappa shape index (κ3) is 5.92. The molecule has 0 aliphatic heterocycles. The van der Waals surface area contributed by atoms with Gasteiger partial charge in [-0.3, -0.25) is 4.79 Å². The zero-order valence-corrected chi connectivity index (χ0v) is 12.6. The molecule has 0 aliphatic carbocycles. The first-order chi connectivity index (χ1) is 9.17. The number of amides is 1. The molecule has 0 fully saturated rings. The van der Waals surface area contributed by atoms with Gasteiger partial charge >= 0.3 is 0 Å². The van der Waals surface area contributed by atoms with Gasteiger partial charge in [0, 0.05) is 12.6 Å². The van der Waals surface area contributed by atoms with Crippen LogP contribution in [0.1, 0.15) is 37.7 Å². The minimum absolute atomic E-state index is 0.186. The Morgan fingerprint density at radius 1 is 1.37 bits per heavy atom. The van der Waals surface area contributed by atoms with E-state index in [2.05, 4.69) is 34.7 Å². The van der Waals surface area contributed by atoms with Crippen LogP contribution < -0.4 is 10.6 Å². The number of carbonyl (C=O) groups excluding carboxylic acids is 1. The van der Waals surface area contributed by atoms with Crippen LogP contribution in [0.15, 0.2) is 12.1 Å². The number of hydrogen-bond acceptors (Lipinski definition) is 5. The molecule has 19 heavy (non-hydrogen) atoms. The summed E-state index contributed by atoms with van der Waals surface area (Å²) in [6.07, 6.45) is 1.08. The third-order valence-electron chi connectivity index (χ3n) is 2.53. The first-order valence-corrected chi connectivity index (χ1v) is 7.79. The molecule has 0 saturated heterocycles. The molecule has 0 radical (unpaired) electrons. The molecule has 2 N–H and O–H groups in total. The van der Waals surface area contributed by atoms with Crippen LogP contribution >= 0.6 is 11.8 Å². The lowest BCUT2D eigenvalue weighted by Gasteiger charge is -2.13. The minimum Gasteiger partial charge on any atom is -0.366 e. The van der Waals surface area contributed by atoms with E-state index in [9.17, 15) is 4.79 Å². The first kappa shape index (κ1) is 15.8. The number of thioether (sulfide) groups is 1. The van der Waals surface area contributed by atoms with Gasteiger partial charge < -0.3 is 10.6 Å². The topological polar surface area (TPSA) is 66.9 Å². The summed E-state index contributed by atoms with van der Waals surface area (Å²) >= 11 is 1.93. The van der Waals surface area contributed by atoms with Gasteiger partial charge in [-0.2, -0.15) is 11.8 Å². The zero-order chi connectivity index (χ0) is 14.1. The molecular formula is C13H22N4OS. The highest BCUT2D eigenvalue weighted by atomic mass is 32.2. The van der Waals surface area contributed by atoms with E-state index in [-0.39, 0.29) is 5.91 Å². The number of nitrogens with one attached hydrogen (secondary N) is 2. The van der Waals surface area contributed by atoms with Crippen molar-refractivity contribution in [3.63, 3.8) is 0 Å². The van der Waals surface area contributed by atoms with E-state index in [1.165, 1.54) is 0 Å². The smallest absolute Gasteiger partial charge is 0.271 e. The molecule has 1 rings (SSSR count). The molecular weight excluding hydrogens is 260 g/mol. The molecule has 1 aromatic heterocycles. The molecule has 1 heterocycles. The maximum absolute atomic E-state index is 11.5. The molecule has 0 aromatic carbocycles. The molecule has 1 amide bonds. The number of nitrogens with zero attached hydrogens (tertiary/aromatic N) is 2. The van der Waals surface area contributed by atoms with E-state index < -0.39 is 0 Å². The average molecular weight is 282 g/mol. The summed E-state index contributed by atoms with van der Waals surface area (Å²) in [5.41, 5.74) is 0.349. The number of anilines is 1. The Morgan fingerprint density at radius 3 is 2.74 bits per heavy atom. The lowest BCUT2D eigenvalue weighted by Crippen LogP contribution is -2.24. The summed E-state index contributed by atoms with van der Waals surface area (Å²) < 4.78 is 0. The summed E-state index contributed by atoms with van der Waals surface area (Å²) in [6, 6.07) is 3.83. The van der Waals surface area contributed by atoms with Gasteiger partial charge in [0.15, 0.2) is 5.69 Å². The Balaban J connectivity index is 2.45. The second kappa shape index (κ2) is 8.74. The van der Waals surface area contributed by atoms with Crippen LogP contribution in [0.5, 0.6) is 0 Å². The molecule has 1 atom stereocenters. The highest BCUT2D eigenvalue weighted by Crippen LogP contribution is 2.09. The molecule has 1 unspecified atom stereocenters. The Kier molecular flexibility index (Phi) is 7.25. The van der Waals surface area contributed by atoms with Gasteiger partial charge in [-0.25, -0.2) is 0 Å². The van der Waals surface area contributed by atoms with E-state index in [1.807, 2.05) is 18.7 Å². The van der Waals surface area contributed by atoms with Crippen LogP contribution in [0.25, 0.3) is 0 Å². The monoisotopic (exact) mass is 282 g/mol. The molecule has 106 valence electrons. The Bertz CT molecular complexity index is 383. The largest absolute Gasteiger partial charge is 0.366 e. The minimum atomic E-state index is -0.186. The predicted molar refractivity (Wildman–Crippen MR) is 80.7 cm³/mol. The van der Waals surface area contributed by atoms with Crippen LogP contribution in [0.3, 0.4) is 0 Å². The van der Waals surface area contributed by atoms with Crippen molar-refractivity contribution >= 4 is 23.5 Å². The lowest BCUT2D eigenvalue weighted by atomic mass is 10.2. The Labute approximate surface area is 119 Å². The summed E-state index contributed by atoms with van der Waals surface area (Å²) in [7, 11) is 0. The maximum Gasteiger partial charge on any atom is 0.271 e. The van der Waals surface area contributed by atoms with Gasteiger partial charge in [-0.15, -0.1) is 10.2 Å². The predicted octanol–water partition coefficient (Wildman–Crippen LogP) is 2.17. The maximum atomic E-state index is 11.5. The lowest BCUT2D eigenvalue weighted by molar-refractivity contribution is 0.0950. The van der Waals surface area contributed by atoms with Crippen LogP contribution in [-0.4, -0.2) is 40.2 Å². The summed E-state index contributed by atoms with van der Waals surface area (Å²) in [4.78, 5) is 11.5. The van der Waals surface area contributed by atoms with E-state index in [0.717, 1.165) is 17.9 Å². The van der Waals surface area contributed by atoms with Gasteiger partial charge in [-0.1, -0.05) is 6.92 Å². The van der Waals surface area contributed by atoms with Crippen molar-refractivity contribution in [1.82, 2.24) is 15.5 Å². The fourth-order valence-electron chi connectivity index (χ4n) is 1.51. The van der Waals surface area contributed by atoms with Crippen LogP contribution in [0.2, 0.25) is 0 Å². The SMILES string of the molecule is CCNC(=O)c1ccc(NC(C)CCSCC)nn1. The van der Waals surface area contributed by atoms with Crippen molar-refractivity contribution in [2.75, 3.05) is 23.4 Å². The Morgan fingerprint density at radius 2 is 2.16 bits per heavy atom. The second-order valence-corrected chi connectivity index (χ2v) is 5.59. The molecule has 1 aromatic rings. The molecule has 6 heteroatoms. The van der Waals surface area contributed by atoms with Gasteiger partial charge in [0.2, 0.25) is 0 Å². The van der Waals surface area contributed by atoms with Gasteiger partial charge in [0.25, 0.3) is 5.91 Å². The fraction of sp³-hybridized carbons (Fsp3) is 0.615. The molecule has 5 nitrogen and oxygen atoms in total. The van der Waals surface area contributed by atoms with E-state index >= 15 is 0 Å². The van der Waals surface area contributed by atoms with Crippen molar-refractivity contribution in [2.45, 2.75) is 33.2 Å². The highest BCUT2D eigenvalue weighted by Gasteiger charge is 2.08. The van der Waals surface area contributed by atoms with Crippen LogP contribution in [0, 0.1) is 0 Å². The van der Waals surface area contributed by atoms with Crippen LogP contribution in [-0.2, 0) is 0 Å². The Hall–Kier alpha value is -1.30. The average Bonchev–Trinajstić information content (AvgIpc) is 2.40. The van der Waals surface area contributed by atoms with Crippen molar-refractivity contribution in [3.8, 4) is 0 Å². The zero-order valence-electron chi connectivity index (χ0n) is 11.8. The summed E-state index contributed by atoms with van der Waals surface area (Å²) in [5.74, 6) is 2.80. The van der Waals surface area contributed by atoms with Crippen molar-refractivity contribution in [2.24, 2.45) is 0 Å². The van der Waals surface area contributed by atoms with E-state index in [4.69, 9.17) is 0 Å². The number of aromatic nitrogens is 2. The number of hydrogen-bond donors (Lipinski definition) is 2. The standard InChI is InChI=1S/C13H22N4OS/c1-4-14-13(18)11-6-7-12(17-16-11)15-10(3)8-9-19-5-2/h6-7,10H,4-5,8-9H2,1-3H3,(H,14,18)(H,15,17). The first-order valence-electron chi connectivity index (χ1n) is 6.63. The van der Waals surface area contributed by atoms with Crippen LogP contribution in [0.4, 0.5) is 5.82 Å². The molecule has 0 saturated carbocycles. The summed E-state index contributed by atoms with van der Waals surface area (Å²) in [5, 5.41) is 13.9. The fourth-order valence-corrected chi connectivity index (χ4v) is 2.32. The second-order valence-electron chi connectivity index (χ2n) is 4.19. The van der Waals surface area contributed by atoms with E-state index in [0.29, 0.717) is 24.1 Å². The van der Waals surface area contributed by atoms with Gasteiger partial charge in [0.1, 0.15) is 5.82 Å². The van der Waals surface area contributed by atoms with Crippen molar-refractivity contribution in [1.29, 1.82) is 0 Å².